The zero-order valence-corrected chi connectivity index (χ0v) is 8.32. The maximum absolute atomic E-state index is 4.88. The first-order chi connectivity index (χ1) is 1.41. The van der Waals surface area contributed by atoms with Crippen LogP contribution in [0.15, 0.2) is 0 Å². The zero-order chi connectivity index (χ0) is 2.71. The second kappa shape index (κ2) is 141. The summed E-state index contributed by atoms with van der Waals surface area (Å²) in [6.45, 7) is 0. The first-order valence-electron chi connectivity index (χ1n) is 0.239. The molecule has 0 aromatic heterocycles. The fraction of sp³-hybridized carbons (Fsp3) is 0. The van der Waals surface area contributed by atoms with Crippen LogP contribution in [0.3, 0.4) is 0 Å². The van der Waals surface area contributed by atoms with Crippen molar-refractivity contribution in [3.63, 3.8) is 0 Å². The summed E-state index contributed by atoms with van der Waals surface area (Å²) in [5.74, 6) is 0. The molecular weight excluding hydrogens is 350 g/mol. The van der Waals surface area contributed by atoms with Crippen molar-refractivity contribution >= 4 is 18.8 Å². The van der Waals surface area contributed by atoms with Gasteiger partial charge in [0.25, 0.3) is 0 Å². The fourth-order valence-electron chi connectivity index (χ4n) is 0. The van der Waals surface area contributed by atoms with E-state index in [0.717, 1.165) is 0 Å². The predicted octanol–water partition coefficient (Wildman–Crippen LogP) is 5.68. The minimum Gasteiger partial charge on any atom is -0.693 e. The molecule has 6 nitrogen and oxygen atoms in total. The molecule has 0 heterocycles. The zero-order valence-electron chi connectivity index (χ0n) is 4.54. The van der Waals surface area contributed by atoms with Gasteiger partial charge in [0.05, 0.1) is 0 Å². The Balaban J connectivity index is -0.00000000133. The molecule has 0 aromatic rings. The molecule has 0 aromatic carbocycles. The van der Waals surface area contributed by atoms with Gasteiger partial charge in [-0.2, -0.15) is 0 Å². The van der Waals surface area contributed by atoms with E-state index in [1.165, 1.54) is 0 Å². The molecule has 0 aliphatic carbocycles. The van der Waals surface area contributed by atoms with Gasteiger partial charge in [-0.3, -0.25) is 0 Å². The second-order valence-corrected chi connectivity index (χ2v) is 3.33. The molecule has 0 radical (unpaired) electrons. The van der Waals surface area contributed by atoms with Gasteiger partial charge in [-0.05, 0) is 0 Å². The smallest absolute Gasteiger partial charge is 0.693 e. The Labute approximate surface area is 72.3 Å². The van der Waals surface area contributed by atoms with Crippen molar-refractivity contribution < 1.29 is 16.5 Å². The van der Waals surface area contributed by atoms with E-state index < -0.39 is 16.5 Å². The van der Waals surface area contributed by atoms with Crippen LogP contribution in [-0.2, 0) is 16.5 Å². The monoisotopic (exact) mass is 361 g/mol. The summed E-state index contributed by atoms with van der Waals surface area (Å²) in [6, 6.07) is 0. The quantitative estimate of drug-likeness (QED) is 0.510. The summed E-state index contributed by atoms with van der Waals surface area (Å²) in [7, 11) is 9.75. The van der Waals surface area contributed by atoms with Gasteiger partial charge in [0, 0.05) is 0 Å². The van der Waals surface area contributed by atoms with Crippen LogP contribution in [-0.4, -0.2) is 0 Å². The third-order valence-corrected chi connectivity index (χ3v) is 0. The molecule has 12 N–H and O–H groups in total. The molecule has 0 atom stereocenters. The molecule has 0 amide bonds. The van der Waals surface area contributed by atoms with E-state index in [-0.39, 0.29) is 36.9 Å². The molecule has 0 fully saturated rings. The molecule has 0 unspecified atom stereocenters. The van der Waals surface area contributed by atoms with E-state index >= 15 is 0 Å². The van der Waals surface area contributed by atoms with Gasteiger partial charge < -0.3 is 36.9 Å². The van der Waals surface area contributed by atoms with E-state index in [1.807, 2.05) is 0 Å². The number of rotatable bonds is 0. The van der Waals surface area contributed by atoms with Crippen molar-refractivity contribution in [1.29, 1.82) is 0 Å². The fourth-order valence-corrected chi connectivity index (χ4v) is 0. The van der Waals surface area contributed by atoms with Crippen LogP contribution in [0.1, 0.15) is 0 Å². The Kier molecular flexibility index (Phi) is 1400. The average molecular weight is 362 g/mol. The summed E-state index contributed by atoms with van der Waals surface area (Å²) >= 11 is -0.472. The van der Waals surface area contributed by atoms with Crippen LogP contribution in [0, 0.1) is 0 Å². The molecule has 0 rings (SSSR count). The largest absolute Gasteiger partial charge is 0.693 e. The van der Waals surface area contributed by atoms with Gasteiger partial charge in [0.2, 0.25) is 0 Å². The molecule has 0 bridgehead atoms. The van der Waals surface area contributed by atoms with E-state index in [9.17, 15) is 0 Å². The third kappa shape index (κ3) is 422. The first-order valence-corrected chi connectivity index (χ1v) is 5.87. The number of hydrogen-bond donors (Lipinski definition) is 0. The molecule has 9 heteroatoms. The van der Waals surface area contributed by atoms with E-state index in [0.29, 0.717) is 0 Å². The molecule has 72 valence electrons. The van der Waals surface area contributed by atoms with Crippen LogP contribution in [0.4, 0.5) is 0 Å². The Bertz CT molecular complexity index is 11.0. The Hall–Kier alpha value is 1.03. The van der Waals surface area contributed by atoms with Crippen molar-refractivity contribution in [2.24, 2.45) is 0 Å². The van der Waals surface area contributed by atoms with Crippen LogP contribution in [0.5, 0.6) is 0 Å². The van der Waals surface area contributed by atoms with Gasteiger partial charge in [0.15, 0.2) is 0 Å². The summed E-state index contributed by atoms with van der Waals surface area (Å²) in [5, 5.41) is 0. The van der Waals surface area contributed by atoms with Crippen molar-refractivity contribution in [2.75, 3.05) is 0 Å². The van der Waals surface area contributed by atoms with E-state index in [2.05, 4.69) is 0 Å². The van der Waals surface area contributed by atoms with Gasteiger partial charge in [-0.15, -0.1) is 0 Å². The Morgan fingerprint density at radius 3 is 0.556 bits per heavy atom. The van der Waals surface area contributed by atoms with Crippen LogP contribution in [0.25, 0.3) is 36.9 Å². The van der Waals surface area contributed by atoms with Crippen molar-refractivity contribution in [3.8, 4) is 0 Å². The number of halogens is 2. The summed E-state index contributed by atoms with van der Waals surface area (Å²) in [5.41, 5.74) is 0. The molecule has 9 heavy (non-hydrogen) atoms. The molecular formula is H12Cl2N6Pt-6. The molecule has 0 spiro atoms. The molecule has 0 saturated heterocycles. The minimum absolute atomic E-state index is 0. The number of hydrogen-bond acceptors (Lipinski definition) is 0. The number of nitrogens with two attached hydrogens (primary N) is 6. The first kappa shape index (κ1) is 89.1. The minimum atomic E-state index is -0.472. The van der Waals surface area contributed by atoms with Crippen molar-refractivity contribution in [1.82, 2.24) is 0 Å². The molecule has 0 saturated carbocycles. The third-order valence-electron chi connectivity index (χ3n) is 0. The normalized spacial score (nSPS) is 2.44. The maximum Gasteiger partial charge on any atom is -0.693 e. The summed E-state index contributed by atoms with van der Waals surface area (Å²) < 4.78 is 0. The SMILES string of the molecule is [Cl][Pt][Cl].[NH2-].[NH2-].[NH2-].[NH2-].[NH2-].[NH2-]. The second-order valence-electron chi connectivity index (χ2n) is 0.0452. The Morgan fingerprint density at radius 2 is 0.556 bits per heavy atom. The van der Waals surface area contributed by atoms with Crippen molar-refractivity contribution in [2.45, 2.75) is 0 Å². The summed E-state index contributed by atoms with van der Waals surface area (Å²) in [4.78, 5) is 0. The van der Waals surface area contributed by atoms with Gasteiger partial charge >= 0.3 is 35.3 Å². The van der Waals surface area contributed by atoms with Crippen LogP contribution in [0.2, 0.25) is 0 Å². The standard InChI is InChI=1S/2ClH.6H2N.Pt/h2*1H;6*1H2;/q;;6*-1;+2/p-2. The Morgan fingerprint density at radius 1 is 0.556 bits per heavy atom. The average Bonchev–Trinajstić information content (AvgIpc) is 0.918. The van der Waals surface area contributed by atoms with E-state index in [1.54, 1.807) is 0 Å². The van der Waals surface area contributed by atoms with Crippen molar-refractivity contribution in [3.05, 3.63) is 36.9 Å². The van der Waals surface area contributed by atoms with Crippen LogP contribution < -0.4 is 0 Å². The van der Waals surface area contributed by atoms with Gasteiger partial charge in [-0.1, -0.05) is 0 Å². The molecule has 0 aliphatic heterocycles. The topological polar surface area (TPSA) is 201 Å². The maximum atomic E-state index is 4.88. The van der Waals surface area contributed by atoms with Gasteiger partial charge in [0.1, 0.15) is 0 Å². The summed E-state index contributed by atoms with van der Waals surface area (Å²) in [6.07, 6.45) is 0. The predicted molar refractivity (Wildman–Crippen MR) is 43.4 cm³/mol. The molecule has 0 aliphatic rings. The van der Waals surface area contributed by atoms with Gasteiger partial charge in [-0.25, -0.2) is 0 Å². The van der Waals surface area contributed by atoms with E-state index in [4.69, 9.17) is 18.8 Å². The van der Waals surface area contributed by atoms with Crippen LogP contribution >= 0.6 is 18.8 Å².